The Kier molecular flexibility index (Phi) is 13.2. The van der Waals surface area contributed by atoms with E-state index in [4.69, 9.17) is 9.47 Å². The van der Waals surface area contributed by atoms with Crippen molar-refractivity contribution in [2.75, 3.05) is 57.7 Å². The van der Waals surface area contributed by atoms with Gasteiger partial charge in [0.25, 0.3) is 0 Å². The molecule has 2 aromatic heterocycles. The molecule has 2 N–H and O–H groups in total. The summed E-state index contributed by atoms with van der Waals surface area (Å²) in [6, 6.07) is 12.3. The van der Waals surface area contributed by atoms with Crippen LogP contribution in [0, 0.1) is 0 Å². The number of esters is 1. The van der Waals surface area contributed by atoms with Gasteiger partial charge in [-0.1, -0.05) is 18.2 Å². The molecule has 0 radical (unpaired) electrons. The number of carbonyl (C=O) groups is 2. The van der Waals surface area contributed by atoms with Gasteiger partial charge in [0.1, 0.15) is 22.8 Å². The van der Waals surface area contributed by atoms with Gasteiger partial charge in [-0.05, 0) is 76.9 Å². The Morgan fingerprint density at radius 3 is 2.29 bits per heavy atom. The van der Waals surface area contributed by atoms with Gasteiger partial charge in [-0.3, -0.25) is 19.5 Å². The normalized spacial score (nSPS) is 14.3. The van der Waals surface area contributed by atoms with Crippen molar-refractivity contribution in [2.24, 2.45) is 0 Å². The molecule has 0 aliphatic carbocycles. The van der Waals surface area contributed by atoms with Gasteiger partial charge >= 0.3 is 12.1 Å². The molecule has 0 atom stereocenters. The first-order chi connectivity index (χ1) is 23.2. The van der Waals surface area contributed by atoms with E-state index in [0.29, 0.717) is 38.5 Å². The number of rotatable bonds is 14. The van der Waals surface area contributed by atoms with Gasteiger partial charge in [0.05, 0.1) is 13.1 Å². The van der Waals surface area contributed by atoms with Crippen molar-refractivity contribution in [1.29, 1.82) is 0 Å². The molecule has 1 aliphatic heterocycles. The first-order valence-electron chi connectivity index (χ1n) is 16.8. The molecule has 49 heavy (non-hydrogen) atoms. The molecule has 0 spiro atoms. The number of benzene rings is 1. The highest BCUT2D eigenvalue weighted by Gasteiger charge is 2.23. The molecule has 3 aromatic rings. The van der Waals surface area contributed by atoms with Crippen LogP contribution in [0.15, 0.2) is 67.6 Å². The van der Waals surface area contributed by atoms with Gasteiger partial charge < -0.3 is 20.1 Å². The van der Waals surface area contributed by atoms with Crippen molar-refractivity contribution in [2.45, 2.75) is 65.8 Å². The van der Waals surface area contributed by atoms with E-state index in [1.165, 1.54) is 5.56 Å². The highest BCUT2D eigenvalue weighted by molar-refractivity contribution is 5.72. The average molecular weight is 673 g/mol. The van der Waals surface area contributed by atoms with E-state index in [-0.39, 0.29) is 5.97 Å². The summed E-state index contributed by atoms with van der Waals surface area (Å²) >= 11 is 0. The Bertz CT molecular complexity index is 1530. The van der Waals surface area contributed by atoms with Crippen molar-refractivity contribution < 1.29 is 19.1 Å². The molecule has 264 valence electrons. The lowest BCUT2D eigenvalue weighted by molar-refractivity contribution is -0.156. The van der Waals surface area contributed by atoms with Crippen LogP contribution in [0.1, 0.15) is 52.9 Å². The molecule has 0 bridgehead atoms. The minimum absolute atomic E-state index is 0.171. The smallest absolute Gasteiger partial charge is 0.407 e. The fourth-order valence-electron chi connectivity index (χ4n) is 5.33. The first kappa shape index (κ1) is 37.4. The molecule has 3 heterocycles. The van der Waals surface area contributed by atoms with Crippen LogP contribution < -0.4 is 10.6 Å². The van der Waals surface area contributed by atoms with Crippen molar-refractivity contribution in [1.82, 2.24) is 35.0 Å². The highest BCUT2D eigenvalue weighted by atomic mass is 16.6. The molecule has 0 saturated carbocycles. The SMILES string of the molecule is C=CCN(CCNC(=O)OC(C)(C)C)Cc1ncc(-c2ccnc(Nc3cccc(CN4CCN(CC(=O)OC(C)(C)C)CC4)c3)c2)cn1. The number of aromatic nitrogens is 3. The summed E-state index contributed by atoms with van der Waals surface area (Å²) in [7, 11) is 0. The molecule has 12 heteroatoms. The van der Waals surface area contributed by atoms with Crippen molar-refractivity contribution in [3.05, 3.63) is 79.0 Å². The minimum atomic E-state index is -0.540. The molecule has 1 amide bonds. The second-order valence-corrected chi connectivity index (χ2v) is 14.2. The number of nitrogens with zero attached hydrogens (tertiary/aromatic N) is 6. The summed E-state index contributed by atoms with van der Waals surface area (Å²) in [5.74, 6) is 1.23. The summed E-state index contributed by atoms with van der Waals surface area (Å²) in [6.07, 6.45) is 6.80. The number of hydrogen-bond donors (Lipinski definition) is 2. The van der Waals surface area contributed by atoms with Gasteiger partial charge in [0, 0.05) is 82.2 Å². The third-order valence-electron chi connectivity index (χ3n) is 7.49. The monoisotopic (exact) mass is 672 g/mol. The lowest BCUT2D eigenvalue weighted by atomic mass is 10.1. The molecule has 12 nitrogen and oxygen atoms in total. The lowest BCUT2D eigenvalue weighted by Crippen LogP contribution is -2.48. The Hall–Kier alpha value is -4.39. The van der Waals surface area contributed by atoms with Crippen LogP contribution in [0.5, 0.6) is 0 Å². The molecule has 1 aliphatic rings. The van der Waals surface area contributed by atoms with Crippen LogP contribution in [0.4, 0.5) is 16.3 Å². The molecule has 4 rings (SSSR count). The van der Waals surface area contributed by atoms with E-state index in [2.05, 4.69) is 65.1 Å². The van der Waals surface area contributed by atoms with Gasteiger partial charge in [0.15, 0.2) is 0 Å². The standard InChI is InChI=1S/C37H52N8O4/c1-8-15-43(16-14-39-35(47)49-37(5,6)7)26-33-40-23-30(24-41-33)29-12-13-38-32(22-29)42-31-11-9-10-28(21-31)25-44-17-19-45(20-18-44)27-34(46)48-36(2,3)4/h8-13,21-24H,1,14-20,25-27H2,2-7H3,(H,38,42)(H,39,47). The lowest BCUT2D eigenvalue weighted by Gasteiger charge is -2.34. The number of alkyl carbamates (subject to hydrolysis) is 1. The first-order valence-corrected chi connectivity index (χ1v) is 16.8. The minimum Gasteiger partial charge on any atom is -0.459 e. The molecule has 1 fully saturated rings. The van der Waals surface area contributed by atoms with Crippen LogP contribution in [-0.2, 0) is 27.4 Å². The second-order valence-electron chi connectivity index (χ2n) is 14.2. The Morgan fingerprint density at radius 1 is 0.918 bits per heavy atom. The van der Waals surface area contributed by atoms with Crippen LogP contribution in [0.3, 0.4) is 0 Å². The Balaban J connectivity index is 1.28. The molecule has 1 aromatic carbocycles. The van der Waals surface area contributed by atoms with Crippen molar-refractivity contribution in [3.8, 4) is 11.1 Å². The third kappa shape index (κ3) is 13.6. The average Bonchev–Trinajstić information content (AvgIpc) is 3.01. The van der Waals surface area contributed by atoms with Crippen LogP contribution >= 0.6 is 0 Å². The second kappa shape index (κ2) is 17.3. The Morgan fingerprint density at radius 2 is 1.61 bits per heavy atom. The summed E-state index contributed by atoms with van der Waals surface area (Å²) < 4.78 is 10.8. The van der Waals surface area contributed by atoms with Crippen LogP contribution in [0.2, 0.25) is 0 Å². The topological polar surface area (TPSA) is 125 Å². The van der Waals surface area contributed by atoms with Crippen molar-refractivity contribution >= 4 is 23.6 Å². The zero-order valence-corrected chi connectivity index (χ0v) is 29.9. The number of pyridine rings is 1. The van der Waals surface area contributed by atoms with Crippen LogP contribution in [-0.4, -0.2) is 105 Å². The van der Waals surface area contributed by atoms with E-state index in [9.17, 15) is 9.59 Å². The number of piperazine rings is 1. The summed E-state index contributed by atoms with van der Waals surface area (Å²) in [4.78, 5) is 44.6. The van der Waals surface area contributed by atoms with E-state index in [1.807, 2.05) is 78.2 Å². The van der Waals surface area contributed by atoms with Crippen LogP contribution in [0.25, 0.3) is 11.1 Å². The number of amides is 1. The maximum atomic E-state index is 12.2. The maximum Gasteiger partial charge on any atom is 0.407 e. The van der Waals surface area contributed by atoms with E-state index in [1.54, 1.807) is 6.20 Å². The van der Waals surface area contributed by atoms with Gasteiger partial charge in [-0.2, -0.15) is 0 Å². The predicted octanol–water partition coefficient (Wildman–Crippen LogP) is 5.25. The zero-order valence-electron chi connectivity index (χ0n) is 29.9. The number of carbonyl (C=O) groups excluding carboxylic acids is 2. The Labute approximate surface area is 290 Å². The van der Waals surface area contributed by atoms with E-state index >= 15 is 0 Å². The third-order valence-corrected chi connectivity index (χ3v) is 7.49. The van der Waals surface area contributed by atoms with E-state index in [0.717, 1.165) is 55.4 Å². The summed E-state index contributed by atoms with van der Waals surface area (Å²) in [5, 5.41) is 6.24. The fourth-order valence-corrected chi connectivity index (χ4v) is 5.33. The number of anilines is 2. The number of ether oxygens (including phenoxy) is 2. The zero-order chi connectivity index (χ0) is 35.4. The molecular formula is C37H52N8O4. The van der Waals surface area contributed by atoms with Crippen molar-refractivity contribution in [3.63, 3.8) is 0 Å². The quantitative estimate of drug-likeness (QED) is 0.172. The molecule has 1 saturated heterocycles. The highest BCUT2D eigenvalue weighted by Crippen LogP contribution is 2.23. The maximum absolute atomic E-state index is 12.2. The summed E-state index contributed by atoms with van der Waals surface area (Å²) in [5.41, 5.74) is 3.00. The largest absolute Gasteiger partial charge is 0.459 e. The number of nitrogens with one attached hydrogen (secondary N) is 2. The van der Waals surface area contributed by atoms with Gasteiger partial charge in [-0.15, -0.1) is 6.58 Å². The van der Waals surface area contributed by atoms with Gasteiger partial charge in [-0.25, -0.2) is 19.7 Å². The molecular weight excluding hydrogens is 620 g/mol. The van der Waals surface area contributed by atoms with E-state index < -0.39 is 17.3 Å². The summed E-state index contributed by atoms with van der Waals surface area (Å²) in [6.45, 7) is 21.8. The fraction of sp³-hybridized carbons (Fsp3) is 0.486. The molecule has 0 unspecified atom stereocenters. The van der Waals surface area contributed by atoms with Gasteiger partial charge in [0.2, 0.25) is 0 Å². The number of hydrogen-bond acceptors (Lipinski definition) is 11. The predicted molar refractivity (Wildman–Crippen MR) is 192 cm³/mol.